The van der Waals surface area contributed by atoms with Crippen molar-refractivity contribution >= 4 is 23.5 Å². The molecule has 4 rings (SSSR count). The lowest BCUT2D eigenvalue weighted by atomic mass is 10.2. The number of aromatic nitrogens is 5. The molecule has 9 nitrogen and oxygen atoms in total. The Morgan fingerprint density at radius 3 is 2.81 bits per heavy atom. The molecular weight excluding hydrogens is 426 g/mol. The number of amides is 1. The van der Waals surface area contributed by atoms with E-state index in [-0.39, 0.29) is 17.8 Å². The number of thioether (sulfide) groups is 1. The summed E-state index contributed by atoms with van der Waals surface area (Å²) in [5.41, 5.74) is 3.25. The molecule has 0 saturated carbocycles. The third kappa shape index (κ3) is 4.40. The topological polar surface area (TPSA) is 111 Å². The first-order valence-electron chi connectivity index (χ1n) is 10.4. The van der Waals surface area contributed by atoms with Crippen molar-refractivity contribution in [2.24, 2.45) is 7.05 Å². The normalized spacial score (nSPS) is 15.6. The maximum absolute atomic E-state index is 12.8. The van der Waals surface area contributed by atoms with Crippen LogP contribution in [0.25, 0.3) is 11.4 Å². The summed E-state index contributed by atoms with van der Waals surface area (Å²) in [5, 5.41) is 21.7. The lowest BCUT2D eigenvalue weighted by Crippen LogP contribution is -2.22. The van der Waals surface area contributed by atoms with E-state index in [0.717, 1.165) is 36.3 Å². The molecule has 3 aromatic heterocycles. The second-order valence-corrected chi connectivity index (χ2v) is 8.67. The van der Waals surface area contributed by atoms with Gasteiger partial charge >= 0.3 is 0 Å². The van der Waals surface area contributed by atoms with Gasteiger partial charge in [0.15, 0.2) is 11.0 Å². The van der Waals surface area contributed by atoms with Crippen LogP contribution in [0, 0.1) is 25.2 Å². The number of rotatable bonds is 7. The molecule has 32 heavy (non-hydrogen) atoms. The van der Waals surface area contributed by atoms with Crippen molar-refractivity contribution in [2.45, 2.75) is 44.5 Å². The third-order valence-electron chi connectivity index (χ3n) is 5.71. The fourth-order valence-electron chi connectivity index (χ4n) is 3.84. The number of ether oxygens (including phenoxy) is 1. The van der Waals surface area contributed by atoms with E-state index >= 15 is 0 Å². The summed E-state index contributed by atoms with van der Waals surface area (Å²) in [5.74, 6) is 1.19. The summed E-state index contributed by atoms with van der Waals surface area (Å²) in [4.78, 5) is 16.8. The summed E-state index contributed by atoms with van der Waals surface area (Å²) in [7, 11) is 1.86. The van der Waals surface area contributed by atoms with E-state index in [1.54, 1.807) is 12.4 Å². The van der Waals surface area contributed by atoms with Gasteiger partial charge in [-0.15, -0.1) is 10.2 Å². The van der Waals surface area contributed by atoms with Crippen LogP contribution >= 0.6 is 11.8 Å². The van der Waals surface area contributed by atoms with Gasteiger partial charge in [-0.2, -0.15) is 5.26 Å². The van der Waals surface area contributed by atoms with Gasteiger partial charge in [-0.3, -0.25) is 9.78 Å². The minimum Gasteiger partial charge on any atom is -0.376 e. The monoisotopic (exact) mass is 451 g/mol. The number of pyridine rings is 1. The van der Waals surface area contributed by atoms with Crippen LogP contribution in [0.1, 0.15) is 29.7 Å². The molecule has 0 bridgehead atoms. The summed E-state index contributed by atoms with van der Waals surface area (Å²) in [6, 6.07) is 5.97. The van der Waals surface area contributed by atoms with Crippen molar-refractivity contribution in [2.75, 3.05) is 17.7 Å². The summed E-state index contributed by atoms with van der Waals surface area (Å²) in [6.45, 7) is 5.25. The summed E-state index contributed by atoms with van der Waals surface area (Å²) >= 11 is 1.30. The fourth-order valence-corrected chi connectivity index (χ4v) is 4.55. The van der Waals surface area contributed by atoms with Crippen LogP contribution in [0.4, 0.5) is 5.82 Å². The molecule has 1 aliphatic rings. The highest BCUT2D eigenvalue weighted by molar-refractivity contribution is 7.99. The molecule has 166 valence electrons. The molecule has 10 heteroatoms. The number of nitriles is 1. The maximum Gasteiger partial charge on any atom is 0.235 e. The van der Waals surface area contributed by atoms with Crippen molar-refractivity contribution < 1.29 is 9.53 Å². The molecule has 0 radical (unpaired) electrons. The molecule has 3 aromatic rings. The summed E-state index contributed by atoms with van der Waals surface area (Å²) < 4.78 is 9.62. The van der Waals surface area contributed by atoms with Crippen molar-refractivity contribution in [1.29, 1.82) is 5.26 Å². The number of hydrogen-bond donors (Lipinski definition) is 1. The second-order valence-electron chi connectivity index (χ2n) is 7.73. The molecule has 0 aliphatic carbocycles. The van der Waals surface area contributed by atoms with Gasteiger partial charge in [-0.25, -0.2) is 0 Å². The van der Waals surface area contributed by atoms with Crippen LogP contribution in [-0.4, -0.2) is 48.7 Å². The van der Waals surface area contributed by atoms with Crippen LogP contribution in [0.5, 0.6) is 0 Å². The molecule has 1 fully saturated rings. The third-order valence-corrected chi connectivity index (χ3v) is 6.74. The molecule has 0 unspecified atom stereocenters. The Bertz CT molecular complexity index is 1160. The number of carbonyl (C=O) groups is 1. The Balaban J connectivity index is 1.47. The van der Waals surface area contributed by atoms with Crippen LogP contribution in [-0.2, 0) is 23.1 Å². The van der Waals surface area contributed by atoms with E-state index < -0.39 is 0 Å². The predicted octanol–water partition coefficient (Wildman–Crippen LogP) is 3.08. The lowest BCUT2D eigenvalue weighted by Gasteiger charge is -2.16. The Labute approximate surface area is 190 Å². The second kappa shape index (κ2) is 9.54. The van der Waals surface area contributed by atoms with Crippen LogP contribution in [0.2, 0.25) is 0 Å². The average Bonchev–Trinajstić information content (AvgIpc) is 3.50. The van der Waals surface area contributed by atoms with E-state index in [9.17, 15) is 10.1 Å². The number of hydrogen-bond acceptors (Lipinski definition) is 7. The van der Waals surface area contributed by atoms with Gasteiger partial charge in [0.2, 0.25) is 5.91 Å². The Hall–Kier alpha value is -3.16. The van der Waals surface area contributed by atoms with Gasteiger partial charge in [-0.05, 0) is 44.4 Å². The SMILES string of the molecule is Cc1c(C#N)c(NC(=O)CSc2nnc(-c3ccncc3)n2C)n(C[C@H]2CCCO2)c1C. The largest absolute Gasteiger partial charge is 0.376 e. The number of nitrogens with one attached hydrogen (secondary N) is 1. The minimum atomic E-state index is -0.203. The molecular formula is C22H25N7O2S. The molecule has 1 amide bonds. The zero-order valence-electron chi connectivity index (χ0n) is 18.3. The van der Waals surface area contributed by atoms with E-state index in [2.05, 4.69) is 26.6 Å². The molecule has 0 spiro atoms. The zero-order chi connectivity index (χ0) is 22.7. The van der Waals surface area contributed by atoms with Crippen molar-refractivity contribution in [3.63, 3.8) is 0 Å². The molecule has 1 N–H and O–H groups in total. The minimum absolute atomic E-state index is 0.0994. The Morgan fingerprint density at radius 2 is 2.12 bits per heavy atom. The first-order chi connectivity index (χ1) is 15.5. The number of carbonyl (C=O) groups excluding carboxylic acids is 1. The van der Waals surface area contributed by atoms with Crippen LogP contribution in [0.3, 0.4) is 0 Å². The molecule has 4 heterocycles. The quantitative estimate of drug-likeness (QED) is 0.550. The summed E-state index contributed by atoms with van der Waals surface area (Å²) in [6.07, 6.45) is 5.52. The van der Waals surface area contributed by atoms with Crippen LogP contribution in [0.15, 0.2) is 29.7 Å². The van der Waals surface area contributed by atoms with E-state index in [4.69, 9.17) is 4.74 Å². The highest BCUT2D eigenvalue weighted by Crippen LogP contribution is 2.29. The Kier molecular flexibility index (Phi) is 6.58. The first-order valence-corrected chi connectivity index (χ1v) is 11.4. The maximum atomic E-state index is 12.8. The number of anilines is 1. The van der Waals surface area contributed by atoms with Gasteiger partial charge in [0.1, 0.15) is 11.9 Å². The van der Waals surface area contributed by atoms with E-state index in [1.165, 1.54) is 11.8 Å². The van der Waals surface area contributed by atoms with Crippen molar-refractivity contribution in [1.82, 2.24) is 24.3 Å². The van der Waals surface area contributed by atoms with Gasteiger partial charge in [0, 0.05) is 37.3 Å². The van der Waals surface area contributed by atoms with Crippen LogP contribution < -0.4 is 5.32 Å². The van der Waals surface area contributed by atoms with Gasteiger partial charge < -0.3 is 19.2 Å². The van der Waals surface area contributed by atoms with Crippen molar-refractivity contribution in [3.8, 4) is 17.5 Å². The molecule has 0 aromatic carbocycles. The van der Waals surface area contributed by atoms with Gasteiger partial charge in [0.05, 0.1) is 24.0 Å². The standard InChI is InChI=1S/C22H25N7O2S/c1-14-15(2)29(12-17-5-4-10-31-17)21(18(14)11-23)25-19(30)13-32-22-27-26-20(28(22)3)16-6-8-24-9-7-16/h6-9,17H,4-5,10,12-13H2,1-3H3,(H,25,30)/t17-/m1/s1. The van der Waals surface area contributed by atoms with Gasteiger partial charge in [0.25, 0.3) is 0 Å². The molecule has 1 saturated heterocycles. The highest BCUT2D eigenvalue weighted by atomic mass is 32.2. The first kappa shape index (κ1) is 22.0. The fraction of sp³-hybridized carbons (Fsp3) is 0.409. The number of nitrogens with zero attached hydrogens (tertiary/aromatic N) is 6. The molecule has 1 atom stereocenters. The van der Waals surface area contributed by atoms with Crippen molar-refractivity contribution in [3.05, 3.63) is 41.3 Å². The van der Waals surface area contributed by atoms with Gasteiger partial charge in [-0.1, -0.05) is 11.8 Å². The predicted molar refractivity (Wildman–Crippen MR) is 121 cm³/mol. The highest BCUT2D eigenvalue weighted by Gasteiger charge is 2.24. The Morgan fingerprint density at radius 1 is 1.34 bits per heavy atom. The smallest absolute Gasteiger partial charge is 0.235 e. The van der Waals surface area contributed by atoms with E-state index in [1.807, 2.05) is 42.2 Å². The molecule has 1 aliphatic heterocycles. The lowest BCUT2D eigenvalue weighted by molar-refractivity contribution is -0.113. The zero-order valence-corrected chi connectivity index (χ0v) is 19.1. The van der Waals surface area contributed by atoms with E-state index in [0.29, 0.717) is 28.9 Å². The average molecular weight is 452 g/mol.